The second-order valence-electron chi connectivity index (χ2n) is 4.52. The first-order valence-corrected chi connectivity index (χ1v) is 6.54. The van der Waals surface area contributed by atoms with E-state index in [1.807, 2.05) is 0 Å². The molecule has 0 radical (unpaired) electrons. The average Bonchev–Trinajstić information content (AvgIpc) is 2.47. The topological polar surface area (TPSA) is 109 Å². The molecule has 0 aliphatic carbocycles. The lowest BCUT2D eigenvalue weighted by atomic mass is 10.2. The van der Waals surface area contributed by atoms with Gasteiger partial charge in [0.15, 0.2) is 0 Å². The average molecular weight is 325 g/mol. The molecule has 0 atom stereocenters. The number of anilines is 1. The van der Waals surface area contributed by atoms with Crippen molar-refractivity contribution in [3.8, 4) is 0 Å². The highest BCUT2D eigenvalue weighted by molar-refractivity contribution is 6.29. The fourth-order valence-corrected chi connectivity index (χ4v) is 1.91. The van der Waals surface area contributed by atoms with Crippen LogP contribution in [-0.4, -0.2) is 20.1 Å². The molecule has 0 amide bonds. The van der Waals surface area contributed by atoms with Crippen molar-refractivity contribution in [1.29, 1.82) is 0 Å². The Morgan fingerprint density at radius 1 is 1.32 bits per heavy atom. The van der Waals surface area contributed by atoms with Crippen molar-refractivity contribution < 1.29 is 9.53 Å². The molecule has 0 aliphatic rings. The maximum atomic E-state index is 11.9. The lowest BCUT2D eigenvalue weighted by Gasteiger charge is -2.10. The molecular formula is C13H13ClN4O4. The summed E-state index contributed by atoms with van der Waals surface area (Å²) in [4.78, 5) is 39.0. The van der Waals surface area contributed by atoms with Crippen LogP contribution in [0.3, 0.4) is 0 Å². The van der Waals surface area contributed by atoms with Crippen molar-refractivity contribution in [3.05, 3.63) is 55.4 Å². The van der Waals surface area contributed by atoms with Crippen LogP contribution in [0.5, 0.6) is 0 Å². The van der Waals surface area contributed by atoms with Crippen LogP contribution in [0.4, 0.5) is 5.82 Å². The van der Waals surface area contributed by atoms with Gasteiger partial charge in [0, 0.05) is 20.2 Å². The van der Waals surface area contributed by atoms with Crippen LogP contribution in [0, 0.1) is 0 Å². The summed E-state index contributed by atoms with van der Waals surface area (Å²) >= 11 is 5.65. The molecule has 9 heteroatoms. The Bertz CT molecular complexity index is 856. The van der Waals surface area contributed by atoms with E-state index in [0.717, 1.165) is 4.57 Å². The second-order valence-corrected chi connectivity index (χ2v) is 4.90. The third-order valence-electron chi connectivity index (χ3n) is 3.09. The molecular weight excluding hydrogens is 312 g/mol. The molecule has 2 rings (SSSR count). The SMILES string of the molecule is Cn1c(COC(=O)c2ccc(Cl)nc2N)cc(=O)n(C)c1=O. The van der Waals surface area contributed by atoms with Gasteiger partial charge < -0.3 is 10.5 Å². The molecule has 0 aliphatic heterocycles. The molecule has 2 aromatic heterocycles. The molecule has 0 saturated heterocycles. The number of nitrogens with zero attached hydrogens (tertiary/aromatic N) is 3. The summed E-state index contributed by atoms with van der Waals surface area (Å²) in [7, 11) is 2.84. The van der Waals surface area contributed by atoms with Crippen molar-refractivity contribution in [1.82, 2.24) is 14.1 Å². The summed E-state index contributed by atoms with van der Waals surface area (Å²) in [5.74, 6) is -0.787. The summed E-state index contributed by atoms with van der Waals surface area (Å²) in [6, 6.07) is 4.01. The van der Waals surface area contributed by atoms with Crippen LogP contribution in [-0.2, 0) is 25.4 Å². The van der Waals surface area contributed by atoms with E-state index in [-0.39, 0.29) is 28.8 Å². The molecule has 0 bridgehead atoms. The van der Waals surface area contributed by atoms with Gasteiger partial charge in [0.1, 0.15) is 23.1 Å². The van der Waals surface area contributed by atoms with Gasteiger partial charge in [0.2, 0.25) is 0 Å². The highest BCUT2D eigenvalue weighted by Gasteiger charge is 2.14. The lowest BCUT2D eigenvalue weighted by Crippen LogP contribution is -2.38. The van der Waals surface area contributed by atoms with E-state index in [1.165, 1.54) is 36.9 Å². The second kappa shape index (κ2) is 6.02. The first-order valence-electron chi connectivity index (χ1n) is 6.16. The number of nitrogens with two attached hydrogens (primary N) is 1. The van der Waals surface area contributed by atoms with E-state index in [2.05, 4.69) is 4.98 Å². The van der Waals surface area contributed by atoms with Crippen molar-refractivity contribution >= 4 is 23.4 Å². The number of carbonyl (C=O) groups is 1. The molecule has 22 heavy (non-hydrogen) atoms. The van der Waals surface area contributed by atoms with Gasteiger partial charge in [-0.3, -0.25) is 13.9 Å². The van der Waals surface area contributed by atoms with Gasteiger partial charge in [-0.05, 0) is 12.1 Å². The van der Waals surface area contributed by atoms with Gasteiger partial charge in [0.05, 0.1) is 5.69 Å². The molecule has 0 unspecified atom stereocenters. The van der Waals surface area contributed by atoms with E-state index in [0.29, 0.717) is 0 Å². The summed E-state index contributed by atoms with van der Waals surface area (Å²) in [5.41, 5.74) is 4.91. The molecule has 8 nitrogen and oxygen atoms in total. The molecule has 0 saturated carbocycles. The quantitative estimate of drug-likeness (QED) is 0.632. The smallest absolute Gasteiger partial charge is 0.342 e. The number of halogens is 1. The van der Waals surface area contributed by atoms with Crippen molar-refractivity contribution in [2.24, 2.45) is 14.1 Å². The third kappa shape index (κ3) is 3.01. The zero-order chi connectivity index (χ0) is 16.4. The number of rotatable bonds is 3. The fraction of sp³-hybridized carbons (Fsp3) is 0.231. The number of ether oxygens (including phenoxy) is 1. The number of hydrogen-bond donors (Lipinski definition) is 1. The van der Waals surface area contributed by atoms with Crippen LogP contribution in [0.15, 0.2) is 27.8 Å². The van der Waals surface area contributed by atoms with E-state index in [9.17, 15) is 14.4 Å². The van der Waals surface area contributed by atoms with Crippen LogP contribution < -0.4 is 17.0 Å². The molecule has 2 heterocycles. The van der Waals surface area contributed by atoms with Gasteiger partial charge in [-0.2, -0.15) is 0 Å². The van der Waals surface area contributed by atoms with Gasteiger partial charge in [-0.25, -0.2) is 14.6 Å². The Morgan fingerprint density at radius 2 is 2.00 bits per heavy atom. The minimum Gasteiger partial charge on any atom is -0.456 e. The van der Waals surface area contributed by atoms with Crippen molar-refractivity contribution in [2.75, 3.05) is 5.73 Å². The summed E-state index contributed by atoms with van der Waals surface area (Å²) in [5, 5.41) is 0.156. The number of esters is 1. The van der Waals surface area contributed by atoms with E-state index >= 15 is 0 Å². The highest BCUT2D eigenvalue weighted by Crippen LogP contribution is 2.14. The van der Waals surface area contributed by atoms with Crippen LogP contribution >= 0.6 is 11.6 Å². The van der Waals surface area contributed by atoms with Gasteiger partial charge >= 0.3 is 11.7 Å². The Hall–Kier alpha value is -2.61. The van der Waals surface area contributed by atoms with E-state index in [1.54, 1.807) is 0 Å². The number of hydrogen-bond acceptors (Lipinski definition) is 6. The Balaban J connectivity index is 2.22. The maximum Gasteiger partial charge on any atom is 0.342 e. The first kappa shape index (κ1) is 15.8. The minimum absolute atomic E-state index is 0.0539. The summed E-state index contributed by atoms with van der Waals surface area (Å²) < 4.78 is 7.23. The highest BCUT2D eigenvalue weighted by atomic mass is 35.5. The van der Waals surface area contributed by atoms with Crippen LogP contribution in [0.25, 0.3) is 0 Å². The Kier molecular flexibility index (Phi) is 4.32. The zero-order valence-electron chi connectivity index (χ0n) is 11.9. The van der Waals surface area contributed by atoms with Gasteiger partial charge in [-0.15, -0.1) is 0 Å². The normalized spacial score (nSPS) is 10.5. The molecule has 2 aromatic rings. The monoisotopic (exact) mass is 324 g/mol. The van der Waals surface area contributed by atoms with Crippen molar-refractivity contribution in [3.63, 3.8) is 0 Å². The van der Waals surface area contributed by atoms with Crippen LogP contribution in [0.2, 0.25) is 5.15 Å². The number of carbonyl (C=O) groups excluding carboxylic acids is 1. The molecule has 2 N–H and O–H groups in total. The standard InChI is InChI=1S/C13H13ClN4O4/c1-17-7(5-10(19)18(2)13(17)21)6-22-12(20)8-3-4-9(14)16-11(8)15/h3-5H,6H2,1-2H3,(H2,15,16). The largest absolute Gasteiger partial charge is 0.456 e. The molecule has 116 valence electrons. The minimum atomic E-state index is -0.727. The van der Waals surface area contributed by atoms with Crippen LogP contribution in [0.1, 0.15) is 16.1 Å². The molecule has 0 aromatic carbocycles. The number of nitrogen functional groups attached to an aromatic ring is 1. The predicted octanol–water partition coefficient (Wildman–Crippen LogP) is 0.0716. The maximum absolute atomic E-state index is 11.9. The fourth-order valence-electron chi connectivity index (χ4n) is 1.76. The van der Waals surface area contributed by atoms with E-state index < -0.39 is 17.2 Å². The molecule has 0 fully saturated rings. The van der Waals surface area contributed by atoms with Gasteiger partial charge in [0.25, 0.3) is 5.56 Å². The van der Waals surface area contributed by atoms with Crippen molar-refractivity contribution in [2.45, 2.75) is 6.61 Å². The van der Waals surface area contributed by atoms with Gasteiger partial charge in [-0.1, -0.05) is 11.6 Å². The first-order chi connectivity index (χ1) is 10.3. The van der Waals surface area contributed by atoms with E-state index in [4.69, 9.17) is 22.1 Å². The lowest BCUT2D eigenvalue weighted by molar-refractivity contribution is 0.0463. The predicted molar refractivity (Wildman–Crippen MR) is 79.7 cm³/mol. The Morgan fingerprint density at radius 3 is 2.64 bits per heavy atom. The molecule has 0 spiro atoms. The third-order valence-corrected chi connectivity index (χ3v) is 3.30. The number of aromatic nitrogens is 3. The number of pyridine rings is 1. The Labute approximate surface area is 129 Å². The summed E-state index contributed by atoms with van der Waals surface area (Å²) in [6.45, 7) is -0.247. The summed E-state index contributed by atoms with van der Waals surface area (Å²) in [6.07, 6.45) is 0. The zero-order valence-corrected chi connectivity index (χ0v) is 12.6.